The van der Waals surface area contributed by atoms with Gasteiger partial charge in [-0.3, -0.25) is 14.9 Å². The van der Waals surface area contributed by atoms with E-state index in [1.807, 2.05) is 0 Å². The fourth-order valence-electron chi connectivity index (χ4n) is 1.70. The first-order valence-corrected chi connectivity index (χ1v) is 6.28. The lowest BCUT2D eigenvalue weighted by Crippen LogP contribution is -2.12. The van der Waals surface area contributed by atoms with E-state index in [2.05, 4.69) is 5.32 Å². The standard InChI is InChI=1S/C14H11ClN2O4/c1-21-13-8-10(5-6-12(13)15)16-14(18)9-3-2-4-11(7-9)17(19)20/h2-8H,1H3,(H,16,18). The predicted molar refractivity (Wildman–Crippen MR) is 79.1 cm³/mol. The lowest BCUT2D eigenvalue weighted by atomic mass is 10.2. The fourth-order valence-corrected chi connectivity index (χ4v) is 1.90. The maximum atomic E-state index is 12.1. The van der Waals surface area contributed by atoms with Crippen LogP contribution in [0.2, 0.25) is 5.02 Å². The summed E-state index contributed by atoms with van der Waals surface area (Å²) < 4.78 is 5.05. The number of ether oxygens (including phenoxy) is 1. The molecule has 0 spiro atoms. The van der Waals surface area contributed by atoms with E-state index in [4.69, 9.17) is 16.3 Å². The highest BCUT2D eigenvalue weighted by atomic mass is 35.5. The predicted octanol–water partition coefficient (Wildman–Crippen LogP) is 3.51. The molecule has 7 heteroatoms. The van der Waals surface area contributed by atoms with Crippen molar-refractivity contribution < 1.29 is 14.5 Å². The van der Waals surface area contributed by atoms with E-state index in [1.54, 1.807) is 18.2 Å². The van der Waals surface area contributed by atoms with Crippen molar-refractivity contribution in [2.45, 2.75) is 0 Å². The van der Waals surface area contributed by atoms with Gasteiger partial charge >= 0.3 is 0 Å². The van der Waals surface area contributed by atoms with Crippen LogP contribution in [0.25, 0.3) is 0 Å². The minimum Gasteiger partial charge on any atom is -0.495 e. The summed E-state index contributed by atoms with van der Waals surface area (Å²) in [5, 5.41) is 13.7. The molecule has 0 unspecified atom stereocenters. The van der Waals surface area contributed by atoms with E-state index >= 15 is 0 Å². The molecule has 21 heavy (non-hydrogen) atoms. The van der Waals surface area contributed by atoms with Gasteiger partial charge in [0.05, 0.1) is 17.1 Å². The molecule has 6 nitrogen and oxygen atoms in total. The molecule has 2 aromatic rings. The van der Waals surface area contributed by atoms with Gasteiger partial charge in [-0.2, -0.15) is 0 Å². The molecule has 0 bridgehead atoms. The number of non-ortho nitro benzene ring substituents is 1. The smallest absolute Gasteiger partial charge is 0.270 e. The van der Waals surface area contributed by atoms with E-state index in [0.717, 1.165) is 0 Å². The summed E-state index contributed by atoms with van der Waals surface area (Å²) in [6.07, 6.45) is 0. The first-order chi connectivity index (χ1) is 10.0. The first kappa shape index (κ1) is 14.8. The molecule has 2 rings (SSSR count). The molecule has 0 aliphatic carbocycles. The minimum atomic E-state index is -0.553. The summed E-state index contributed by atoms with van der Waals surface area (Å²) in [5.41, 5.74) is 0.530. The van der Waals surface area contributed by atoms with Crippen molar-refractivity contribution in [1.29, 1.82) is 0 Å². The highest BCUT2D eigenvalue weighted by molar-refractivity contribution is 6.32. The average molecular weight is 307 g/mol. The van der Waals surface area contributed by atoms with Crippen LogP contribution in [0.4, 0.5) is 11.4 Å². The molecule has 2 aromatic carbocycles. The Labute approximate surface area is 125 Å². The number of hydrogen-bond donors (Lipinski definition) is 1. The van der Waals surface area contributed by atoms with Crippen LogP contribution >= 0.6 is 11.6 Å². The lowest BCUT2D eigenvalue weighted by molar-refractivity contribution is -0.384. The summed E-state index contributed by atoms with van der Waals surface area (Å²) in [5.74, 6) is -0.0309. The summed E-state index contributed by atoms with van der Waals surface area (Å²) >= 11 is 5.89. The number of halogens is 1. The first-order valence-electron chi connectivity index (χ1n) is 5.90. The molecule has 0 heterocycles. The van der Waals surface area contributed by atoms with E-state index < -0.39 is 10.8 Å². The Kier molecular flexibility index (Phi) is 4.39. The van der Waals surface area contributed by atoms with Crippen LogP contribution in [-0.2, 0) is 0 Å². The number of methoxy groups -OCH3 is 1. The molecular weight excluding hydrogens is 296 g/mol. The van der Waals surface area contributed by atoms with Crippen molar-refractivity contribution in [2.24, 2.45) is 0 Å². The van der Waals surface area contributed by atoms with Gasteiger partial charge in [-0.25, -0.2) is 0 Å². The molecule has 0 saturated carbocycles. The maximum absolute atomic E-state index is 12.1. The normalized spacial score (nSPS) is 10.0. The zero-order valence-electron chi connectivity index (χ0n) is 11.0. The van der Waals surface area contributed by atoms with Crippen molar-refractivity contribution >= 4 is 28.9 Å². The van der Waals surface area contributed by atoms with Gasteiger partial charge in [-0.15, -0.1) is 0 Å². The Hall–Kier alpha value is -2.60. The molecule has 0 saturated heterocycles. The van der Waals surface area contributed by atoms with E-state index in [-0.39, 0.29) is 11.3 Å². The van der Waals surface area contributed by atoms with Gasteiger partial charge in [0, 0.05) is 29.4 Å². The zero-order chi connectivity index (χ0) is 15.4. The van der Waals surface area contributed by atoms with Crippen molar-refractivity contribution in [1.82, 2.24) is 0 Å². The van der Waals surface area contributed by atoms with Crippen molar-refractivity contribution in [3.63, 3.8) is 0 Å². The SMILES string of the molecule is COc1cc(NC(=O)c2cccc([N+](=O)[O-])c2)ccc1Cl. The maximum Gasteiger partial charge on any atom is 0.270 e. The van der Waals surface area contributed by atoms with Crippen LogP contribution in [0, 0.1) is 10.1 Å². The number of hydrogen-bond acceptors (Lipinski definition) is 4. The Balaban J connectivity index is 2.22. The molecule has 0 aliphatic heterocycles. The number of anilines is 1. The van der Waals surface area contributed by atoms with Gasteiger partial charge in [-0.05, 0) is 18.2 Å². The molecule has 0 aliphatic rings. The minimum absolute atomic E-state index is 0.142. The number of nitrogens with zero attached hydrogens (tertiary/aromatic N) is 1. The van der Waals surface area contributed by atoms with E-state index in [1.165, 1.54) is 31.4 Å². The zero-order valence-corrected chi connectivity index (χ0v) is 11.8. The monoisotopic (exact) mass is 306 g/mol. The topological polar surface area (TPSA) is 81.5 Å². The van der Waals surface area contributed by atoms with Crippen LogP contribution in [0.3, 0.4) is 0 Å². The summed E-state index contributed by atoms with van der Waals surface area (Å²) in [6, 6.07) is 10.2. The quantitative estimate of drug-likeness (QED) is 0.692. The number of amides is 1. The third-order valence-corrected chi connectivity index (χ3v) is 3.04. The van der Waals surface area contributed by atoms with Crippen LogP contribution in [0.1, 0.15) is 10.4 Å². The van der Waals surface area contributed by atoms with Crippen LogP contribution in [0.15, 0.2) is 42.5 Å². The molecule has 0 radical (unpaired) electrons. The Morgan fingerprint density at radius 3 is 2.71 bits per heavy atom. The number of nitrogens with one attached hydrogen (secondary N) is 1. The van der Waals surface area contributed by atoms with Crippen LogP contribution in [-0.4, -0.2) is 17.9 Å². The number of carbonyl (C=O) groups excluding carboxylic acids is 1. The van der Waals surface area contributed by atoms with Crippen molar-refractivity contribution in [3.05, 3.63) is 63.2 Å². The second kappa shape index (κ2) is 6.23. The molecule has 0 fully saturated rings. The highest BCUT2D eigenvalue weighted by Crippen LogP contribution is 2.27. The van der Waals surface area contributed by atoms with Gasteiger partial charge in [0.1, 0.15) is 5.75 Å². The third-order valence-electron chi connectivity index (χ3n) is 2.73. The molecular formula is C14H11ClN2O4. The molecule has 0 aromatic heterocycles. The van der Waals surface area contributed by atoms with Crippen molar-refractivity contribution in [3.8, 4) is 5.75 Å². The number of carbonyl (C=O) groups is 1. The molecule has 0 atom stereocenters. The second-order valence-corrected chi connectivity index (χ2v) is 4.52. The molecule has 108 valence electrons. The van der Waals surface area contributed by atoms with Gasteiger partial charge in [0.25, 0.3) is 11.6 Å². The Morgan fingerprint density at radius 1 is 1.29 bits per heavy atom. The Bertz CT molecular complexity index is 703. The largest absolute Gasteiger partial charge is 0.495 e. The van der Waals surface area contributed by atoms with Gasteiger partial charge < -0.3 is 10.1 Å². The summed E-state index contributed by atoms with van der Waals surface area (Å²) in [4.78, 5) is 22.2. The lowest BCUT2D eigenvalue weighted by Gasteiger charge is -2.08. The Morgan fingerprint density at radius 2 is 2.05 bits per heavy atom. The highest BCUT2D eigenvalue weighted by Gasteiger charge is 2.12. The fraction of sp³-hybridized carbons (Fsp3) is 0.0714. The second-order valence-electron chi connectivity index (χ2n) is 4.11. The number of nitro benzene ring substituents is 1. The van der Waals surface area contributed by atoms with E-state index in [0.29, 0.717) is 16.5 Å². The summed E-state index contributed by atoms with van der Waals surface area (Å²) in [7, 11) is 1.47. The van der Waals surface area contributed by atoms with E-state index in [9.17, 15) is 14.9 Å². The average Bonchev–Trinajstić information content (AvgIpc) is 2.49. The van der Waals surface area contributed by atoms with Crippen LogP contribution < -0.4 is 10.1 Å². The molecule has 1 amide bonds. The van der Waals surface area contributed by atoms with Gasteiger partial charge in [0.15, 0.2) is 0 Å². The van der Waals surface area contributed by atoms with Gasteiger partial charge in [-0.1, -0.05) is 17.7 Å². The van der Waals surface area contributed by atoms with Gasteiger partial charge in [0.2, 0.25) is 0 Å². The molecule has 1 N–H and O–H groups in total. The summed E-state index contributed by atoms with van der Waals surface area (Å²) in [6.45, 7) is 0. The third kappa shape index (κ3) is 3.49. The number of rotatable bonds is 4. The number of benzene rings is 2. The van der Waals surface area contributed by atoms with Crippen molar-refractivity contribution in [2.75, 3.05) is 12.4 Å². The van der Waals surface area contributed by atoms with Crippen LogP contribution in [0.5, 0.6) is 5.75 Å². The number of nitro groups is 1.